The van der Waals surface area contributed by atoms with Crippen molar-refractivity contribution >= 4 is 12.6 Å². The van der Waals surface area contributed by atoms with Crippen LogP contribution < -0.4 is 10.5 Å². The predicted octanol–water partition coefficient (Wildman–Crippen LogP) is 3.06. The zero-order chi connectivity index (χ0) is 12.3. The van der Waals surface area contributed by atoms with Crippen molar-refractivity contribution in [3.05, 3.63) is 28.8 Å². The molecule has 1 aromatic rings. The standard InChI is InChI=1S/C13H21NOS/c1-8(2)10-6-11(12(14)7-16)9(3)5-13(10)15-4/h5-6,8,12,16H,7,14H2,1-4H3. The molecule has 0 aliphatic carbocycles. The first-order chi connectivity index (χ1) is 7.51. The Labute approximate surface area is 104 Å². The molecule has 0 fully saturated rings. The van der Waals surface area contributed by atoms with Gasteiger partial charge in [0.1, 0.15) is 5.75 Å². The fourth-order valence-corrected chi connectivity index (χ4v) is 2.04. The van der Waals surface area contributed by atoms with Gasteiger partial charge in [0.05, 0.1) is 7.11 Å². The molecule has 3 heteroatoms. The Hall–Kier alpha value is -0.670. The molecular weight excluding hydrogens is 218 g/mol. The first-order valence-corrected chi connectivity index (χ1v) is 6.19. The largest absolute Gasteiger partial charge is 0.496 e. The summed E-state index contributed by atoms with van der Waals surface area (Å²) in [4.78, 5) is 0. The minimum Gasteiger partial charge on any atom is -0.496 e. The summed E-state index contributed by atoms with van der Waals surface area (Å²) in [5.41, 5.74) is 9.58. The van der Waals surface area contributed by atoms with Gasteiger partial charge in [0.25, 0.3) is 0 Å². The molecule has 2 nitrogen and oxygen atoms in total. The number of rotatable bonds is 4. The molecule has 1 unspecified atom stereocenters. The maximum Gasteiger partial charge on any atom is 0.122 e. The van der Waals surface area contributed by atoms with Crippen molar-refractivity contribution < 1.29 is 4.74 Å². The van der Waals surface area contributed by atoms with Crippen molar-refractivity contribution in [2.75, 3.05) is 12.9 Å². The molecule has 1 aromatic carbocycles. The Morgan fingerprint density at radius 2 is 1.94 bits per heavy atom. The number of methoxy groups -OCH3 is 1. The van der Waals surface area contributed by atoms with Crippen LogP contribution in [0.15, 0.2) is 12.1 Å². The molecule has 0 aromatic heterocycles. The van der Waals surface area contributed by atoms with Crippen LogP contribution in [0.4, 0.5) is 0 Å². The van der Waals surface area contributed by atoms with E-state index in [9.17, 15) is 0 Å². The summed E-state index contributed by atoms with van der Waals surface area (Å²) in [7, 11) is 1.71. The molecule has 0 aliphatic heterocycles. The van der Waals surface area contributed by atoms with E-state index in [-0.39, 0.29) is 6.04 Å². The lowest BCUT2D eigenvalue weighted by Gasteiger charge is -2.18. The Morgan fingerprint density at radius 3 is 2.38 bits per heavy atom. The molecule has 0 spiro atoms. The van der Waals surface area contributed by atoms with Crippen LogP contribution in [0.3, 0.4) is 0 Å². The number of aryl methyl sites for hydroxylation is 1. The van der Waals surface area contributed by atoms with Gasteiger partial charge in [-0.25, -0.2) is 0 Å². The number of benzene rings is 1. The molecule has 0 aliphatic rings. The van der Waals surface area contributed by atoms with E-state index in [1.165, 1.54) is 16.7 Å². The lowest BCUT2D eigenvalue weighted by molar-refractivity contribution is 0.407. The quantitative estimate of drug-likeness (QED) is 0.792. The van der Waals surface area contributed by atoms with Crippen LogP contribution >= 0.6 is 12.6 Å². The molecule has 0 bridgehead atoms. The second-order valence-corrected chi connectivity index (χ2v) is 4.76. The van der Waals surface area contributed by atoms with Gasteiger partial charge >= 0.3 is 0 Å². The van der Waals surface area contributed by atoms with Crippen molar-refractivity contribution in [2.45, 2.75) is 32.7 Å². The molecule has 90 valence electrons. The summed E-state index contributed by atoms with van der Waals surface area (Å²) < 4.78 is 5.40. The SMILES string of the molecule is COc1cc(C)c(C(N)CS)cc1C(C)C. The molecule has 0 heterocycles. The van der Waals surface area contributed by atoms with Crippen molar-refractivity contribution in [2.24, 2.45) is 5.73 Å². The third kappa shape index (κ3) is 2.71. The minimum atomic E-state index is -0.00765. The van der Waals surface area contributed by atoms with Gasteiger partial charge in [0.15, 0.2) is 0 Å². The third-order valence-electron chi connectivity index (χ3n) is 2.84. The van der Waals surface area contributed by atoms with Gasteiger partial charge in [0, 0.05) is 11.8 Å². The van der Waals surface area contributed by atoms with Crippen LogP contribution in [0, 0.1) is 6.92 Å². The fraction of sp³-hybridized carbons (Fsp3) is 0.538. The van der Waals surface area contributed by atoms with Gasteiger partial charge in [0.2, 0.25) is 0 Å². The number of nitrogens with two attached hydrogens (primary N) is 1. The van der Waals surface area contributed by atoms with E-state index in [4.69, 9.17) is 10.5 Å². The van der Waals surface area contributed by atoms with Gasteiger partial charge in [-0.1, -0.05) is 13.8 Å². The average molecular weight is 239 g/mol. The number of hydrogen-bond acceptors (Lipinski definition) is 3. The van der Waals surface area contributed by atoms with E-state index in [1.54, 1.807) is 7.11 Å². The number of thiol groups is 1. The van der Waals surface area contributed by atoms with Crippen molar-refractivity contribution in [3.63, 3.8) is 0 Å². The van der Waals surface area contributed by atoms with Crippen LogP contribution in [0.25, 0.3) is 0 Å². The highest BCUT2D eigenvalue weighted by atomic mass is 32.1. The van der Waals surface area contributed by atoms with Gasteiger partial charge in [-0.05, 0) is 41.7 Å². The second-order valence-electron chi connectivity index (χ2n) is 4.39. The van der Waals surface area contributed by atoms with Gasteiger partial charge in [-0.3, -0.25) is 0 Å². The van der Waals surface area contributed by atoms with E-state index in [2.05, 4.69) is 45.5 Å². The first-order valence-electron chi connectivity index (χ1n) is 5.56. The summed E-state index contributed by atoms with van der Waals surface area (Å²) in [5, 5.41) is 0. The lowest BCUT2D eigenvalue weighted by atomic mass is 9.94. The zero-order valence-electron chi connectivity index (χ0n) is 10.4. The van der Waals surface area contributed by atoms with E-state index < -0.39 is 0 Å². The van der Waals surface area contributed by atoms with Gasteiger partial charge < -0.3 is 10.5 Å². The Balaban J connectivity index is 3.27. The molecule has 1 atom stereocenters. The topological polar surface area (TPSA) is 35.2 Å². The second kappa shape index (κ2) is 5.60. The minimum absolute atomic E-state index is 0.00765. The van der Waals surface area contributed by atoms with E-state index in [0.717, 1.165) is 5.75 Å². The average Bonchev–Trinajstić information content (AvgIpc) is 2.27. The van der Waals surface area contributed by atoms with Crippen LogP contribution in [-0.4, -0.2) is 12.9 Å². The summed E-state index contributed by atoms with van der Waals surface area (Å²) in [6, 6.07) is 4.21. The monoisotopic (exact) mass is 239 g/mol. The van der Waals surface area contributed by atoms with Crippen molar-refractivity contribution in [3.8, 4) is 5.75 Å². The van der Waals surface area contributed by atoms with Crippen LogP contribution in [0.1, 0.15) is 42.5 Å². The normalized spacial score (nSPS) is 12.9. The highest BCUT2D eigenvalue weighted by Crippen LogP contribution is 2.31. The van der Waals surface area contributed by atoms with Crippen molar-refractivity contribution in [1.82, 2.24) is 0 Å². The summed E-state index contributed by atoms with van der Waals surface area (Å²) in [6.07, 6.45) is 0. The fourth-order valence-electron chi connectivity index (χ4n) is 1.84. The maximum absolute atomic E-state index is 6.04. The number of ether oxygens (including phenoxy) is 1. The highest BCUT2D eigenvalue weighted by Gasteiger charge is 2.14. The van der Waals surface area contributed by atoms with E-state index >= 15 is 0 Å². The third-order valence-corrected chi connectivity index (χ3v) is 3.23. The first kappa shape index (κ1) is 13.4. The van der Waals surface area contributed by atoms with Crippen LogP contribution in [-0.2, 0) is 0 Å². The zero-order valence-corrected chi connectivity index (χ0v) is 11.3. The molecule has 0 saturated carbocycles. The molecule has 16 heavy (non-hydrogen) atoms. The number of hydrogen-bond donors (Lipinski definition) is 2. The Morgan fingerprint density at radius 1 is 1.31 bits per heavy atom. The highest BCUT2D eigenvalue weighted by molar-refractivity contribution is 7.80. The van der Waals surface area contributed by atoms with Gasteiger partial charge in [-0.2, -0.15) is 12.6 Å². The lowest BCUT2D eigenvalue weighted by Crippen LogP contribution is -2.14. The van der Waals surface area contributed by atoms with Crippen LogP contribution in [0.5, 0.6) is 5.75 Å². The Kier molecular flexibility index (Phi) is 4.69. The summed E-state index contributed by atoms with van der Waals surface area (Å²) in [6.45, 7) is 6.37. The van der Waals surface area contributed by atoms with E-state index in [0.29, 0.717) is 11.7 Å². The molecule has 0 saturated heterocycles. The van der Waals surface area contributed by atoms with Gasteiger partial charge in [-0.15, -0.1) is 0 Å². The summed E-state index contributed by atoms with van der Waals surface area (Å²) >= 11 is 4.25. The summed E-state index contributed by atoms with van der Waals surface area (Å²) in [5.74, 6) is 2.04. The molecule has 2 N–H and O–H groups in total. The maximum atomic E-state index is 6.04. The van der Waals surface area contributed by atoms with E-state index in [1.807, 2.05) is 0 Å². The Bertz CT molecular complexity index is 363. The predicted molar refractivity (Wildman–Crippen MR) is 72.6 cm³/mol. The van der Waals surface area contributed by atoms with Crippen molar-refractivity contribution in [1.29, 1.82) is 0 Å². The molecule has 0 radical (unpaired) electrons. The smallest absolute Gasteiger partial charge is 0.122 e. The molecule has 0 amide bonds. The molecule has 1 rings (SSSR count). The van der Waals surface area contributed by atoms with Crippen LogP contribution in [0.2, 0.25) is 0 Å². The molecular formula is C13H21NOS.